The topological polar surface area (TPSA) is 49.4 Å². The molecule has 0 fully saturated rings. The lowest BCUT2D eigenvalue weighted by molar-refractivity contribution is -0.0737. The van der Waals surface area contributed by atoms with E-state index in [2.05, 4.69) is 0 Å². The summed E-state index contributed by atoms with van der Waals surface area (Å²) in [5, 5.41) is 10.9. The van der Waals surface area contributed by atoms with E-state index in [1.807, 2.05) is 0 Å². The van der Waals surface area contributed by atoms with Crippen LogP contribution in [0.4, 0.5) is 0 Å². The zero-order valence-corrected chi connectivity index (χ0v) is 3.00. The first kappa shape index (κ1) is 3.77. The van der Waals surface area contributed by atoms with Gasteiger partial charge in [0.15, 0.2) is 0 Å². The molecular weight excluding hydrogens is 71.0 g/mol. The van der Waals surface area contributed by atoms with E-state index in [1.54, 1.807) is 0 Å². The average molecular weight is 75.0 g/mol. The number of hydrogen-bond acceptors (Lipinski definition) is 1. The maximum absolute atomic E-state index is 6.19. The molecule has 0 spiro atoms. The molecule has 0 aromatic rings. The third-order valence-corrected chi connectivity index (χ3v) is 0.224. The quantitative estimate of drug-likeness (QED) is 0.311. The Morgan fingerprint density at radius 3 is 2.25 bits per heavy atom. The third kappa shape index (κ3) is 1.77. The summed E-state index contributed by atoms with van der Waals surface area (Å²) in [5.41, 5.74) is 0. The summed E-state index contributed by atoms with van der Waals surface area (Å²) < 4.78 is 0. The van der Waals surface area contributed by atoms with Gasteiger partial charge in [-0.15, -0.1) is 0 Å². The van der Waals surface area contributed by atoms with Crippen molar-refractivity contribution in [1.82, 2.24) is 0 Å². The van der Waals surface area contributed by atoms with Crippen LogP contribution in [-0.4, -0.2) is 5.96 Å². The maximum atomic E-state index is 6.19. The van der Waals surface area contributed by atoms with Gasteiger partial charge in [-0.2, -0.15) is 0 Å². The number of nitrogens with two attached hydrogens (primary N) is 1. The molecule has 0 heterocycles. The molecule has 2 nitrogen and oxygen atoms in total. The normalized spacial score (nSPS) is 7.00. The van der Waals surface area contributed by atoms with Gasteiger partial charge in [-0.05, 0) is 0 Å². The van der Waals surface area contributed by atoms with Crippen molar-refractivity contribution in [2.45, 2.75) is 0 Å². The predicted molar refractivity (Wildman–Crippen MR) is 17.6 cm³/mol. The Morgan fingerprint density at radius 1 is 2.00 bits per heavy atom. The van der Waals surface area contributed by atoms with Gasteiger partial charge in [0.2, 0.25) is 0 Å². The number of rotatable bonds is 1. The van der Waals surface area contributed by atoms with Crippen LogP contribution in [0.1, 0.15) is 0 Å². The van der Waals surface area contributed by atoms with Crippen LogP contribution in [-0.2, 0) is 0 Å². The third-order valence-electron chi connectivity index (χ3n) is 0.0745. The molecule has 0 amide bonds. The standard InChI is InChI=1S/CH3N2P/c2-1-4-3/h1-3H/p+1. The van der Waals surface area contributed by atoms with Gasteiger partial charge < -0.3 is 0 Å². The van der Waals surface area contributed by atoms with Gasteiger partial charge in [0, 0.05) is 0 Å². The van der Waals surface area contributed by atoms with Crippen LogP contribution in [0.2, 0.25) is 0 Å². The van der Waals surface area contributed by atoms with Crippen molar-refractivity contribution in [2.75, 3.05) is 0 Å². The second-order valence-electron chi connectivity index (χ2n) is 0.278. The van der Waals surface area contributed by atoms with Crippen molar-refractivity contribution in [3.8, 4) is 0 Å². The van der Waals surface area contributed by atoms with Crippen molar-refractivity contribution in [2.24, 2.45) is 0 Å². The zero-order valence-electron chi connectivity index (χ0n) is 2.10. The molecule has 4 heavy (non-hydrogen) atoms. The summed E-state index contributed by atoms with van der Waals surface area (Å²) in [6.07, 6.45) is 0. The molecule has 0 bridgehead atoms. The molecule has 3 heteroatoms. The fraction of sp³-hybridized carbons (Fsp3) is 0. The second-order valence-corrected chi connectivity index (χ2v) is 0.835. The first-order chi connectivity index (χ1) is 1.91. The average Bonchev–Trinajstić information content (AvgIpc) is 1.37. The van der Waals surface area contributed by atoms with E-state index >= 15 is 0 Å². The van der Waals surface area contributed by atoms with Crippen LogP contribution in [0.25, 0.3) is 0 Å². The highest BCUT2D eigenvalue weighted by molar-refractivity contribution is 7.42. The highest BCUT2D eigenvalue weighted by Gasteiger charge is 1.47. The maximum Gasteiger partial charge on any atom is 0.254 e. The number of hydrogen-bond donors (Lipinski definition) is 2. The van der Waals surface area contributed by atoms with Gasteiger partial charge in [-0.3, -0.25) is 5.41 Å². The molecule has 0 rings (SSSR count). The van der Waals surface area contributed by atoms with E-state index in [9.17, 15) is 0 Å². The Hall–Kier alpha value is -0.230. The minimum absolute atomic E-state index is 0.540. The van der Waals surface area contributed by atoms with Crippen molar-refractivity contribution in [1.29, 1.82) is 5.41 Å². The molecule has 3 N–H and O–H groups in total. The summed E-state index contributed by atoms with van der Waals surface area (Å²) in [4.78, 5) is 0. The van der Waals surface area contributed by atoms with Crippen LogP contribution in [0.5, 0.6) is 0 Å². The Labute approximate surface area is 26.0 Å². The Bertz CT molecular complexity index is 27.0. The SMILES string of the molecule is N=CP=[NH2+]. The number of nitrogens with one attached hydrogen (secondary N) is 1. The van der Waals surface area contributed by atoms with E-state index in [4.69, 9.17) is 10.6 Å². The van der Waals surface area contributed by atoms with Gasteiger partial charge in [-0.1, -0.05) is 0 Å². The predicted octanol–water partition coefficient (Wildman–Crippen LogP) is -0.518. The molecule has 0 aliphatic heterocycles. The fourth-order valence-electron chi connectivity index (χ4n) is 0. The monoisotopic (exact) mass is 75.0 g/mol. The van der Waals surface area contributed by atoms with Crippen LogP contribution >= 0.6 is 8.37 Å². The van der Waals surface area contributed by atoms with E-state index in [0.29, 0.717) is 8.37 Å². The van der Waals surface area contributed by atoms with Gasteiger partial charge in [0.1, 0.15) is 5.96 Å². The van der Waals surface area contributed by atoms with Gasteiger partial charge in [-0.25, -0.2) is 5.16 Å². The molecule has 0 saturated heterocycles. The molecule has 0 aromatic heterocycles. The molecule has 22 valence electrons. The van der Waals surface area contributed by atoms with Crippen molar-refractivity contribution in [3.63, 3.8) is 0 Å². The van der Waals surface area contributed by atoms with Gasteiger partial charge in [0.05, 0.1) is 0 Å². The molecule has 0 aliphatic carbocycles. The van der Waals surface area contributed by atoms with E-state index in [-0.39, 0.29) is 0 Å². The van der Waals surface area contributed by atoms with Crippen molar-refractivity contribution < 1.29 is 5.16 Å². The molecule has 0 aromatic carbocycles. The minimum atomic E-state index is 0.540. The highest BCUT2D eigenvalue weighted by atomic mass is 31.1. The van der Waals surface area contributed by atoms with E-state index in [1.165, 1.54) is 0 Å². The molecule has 0 unspecified atom stereocenters. The van der Waals surface area contributed by atoms with E-state index < -0.39 is 0 Å². The van der Waals surface area contributed by atoms with Gasteiger partial charge >= 0.3 is 0 Å². The highest BCUT2D eigenvalue weighted by Crippen LogP contribution is 1.63. The van der Waals surface area contributed by atoms with Crippen molar-refractivity contribution >= 4 is 14.3 Å². The summed E-state index contributed by atoms with van der Waals surface area (Å²) in [5.74, 6) is 1.12. The van der Waals surface area contributed by atoms with Crippen LogP contribution in [0.3, 0.4) is 0 Å². The smallest absolute Gasteiger partial charge is 0.254 e. The molecule has 0 aliphatic rings. The summed E-state index contributed by atoms with van der Waals surface area (Å²) in [7, 11) is 0.540. The second kappa shape index (κ2) is 2.77. The zero-order chi connectivity index (χ0) is 3.41. The molecule has 0 radical (unpaired) electrons. The Kier molecular flexibility index (Phi) is 2.61. The largest absolute Gasteiger partial charge is 0.298 e. The van der Waals surface area contributed by atoms with Crippen LogP contribution in [0, 0.1) is 5.41 Å². The minimum Gasteiger partial charge on any atom is -0.298 e. The van der Waals surface area contributed by atoms with Crippen molar-refractivity contribution in [3.05, 3.63) is 0 Å². The fourth-order valence-corrected chi connectivity index (χ4v) is 0. The van der Waals surface area contributed by atoms with Gasteiger partial charge in [0.25, 0.3) is 8.37 Å². The van der Waals surface area contributed by atoms with E-state index in [0.717, 1.165) is 5.96 Å². The lowest BCUT2D eigenvalue weighted by Gasteiger charge is -1.30. The molecular formula is CH4N2P+. The van der Waals surface area contributed by atoms with Crippen LogP contribution < -0.4 is 5.16 Å². The Balaban J connectivity index is 2.73. The lowest BCUT2D eigenvalue weighted by Crippen LogP contribution is -2.16. The summed E-state index contributed by atoms with van der Waals surface area (Å²) in [6, 6.07) is 0. The lowest BCUT2D eigenvalue weighted by atomic mass is 11.7. The summed E-state index contributed by atoms with van der Waals surface area (Å²) in [6.45, 7) is 0. The molecule has 0 atom stereocenters. The molecule has 0 saturated carbocycles. The first-order valence-corrected chi connectivity index (χ1v) is 1.84. The first-order valence-electron chi connectivity index (χ1n) is 0.805. The summed E-state index contributed by atoms with van der Waals surface area (Å²) >= 11 is 0. The van der Waals surface area contributed by atoms with Crippen LogP contribution in [0.15, 0.2) is 0 Å². The Morgan fingerprint density at radius 2 is 2.25 bits per heavy atom.